The molecular weight excluding hydrogens is 452 g/mol. The van der Waals surface area contributed by atoms with Crippen LogP contribution >= 0.6 is 0 Å². The van der Waals surface area contributed by atoms with E-state index in [0.717, 1.165) is 12.1 Å². The lowest BCUT2D eigenvalue weighted by atomic mass is 9.88. The van der Waals surface area contributed by atoms with Crippen molar-refractivity contribution >= 4 is 11.8 Å². The van der Waals surface area contributed by atoms with Gasteiger partial charge >= 0.3 is 0 Å². The van der Waals surface area contributed by atoms with Gasteiger partial charge in [-0.15, -0.1) is 0 Å². The van der Waals surface area contributed by atoms with Crippen LogP contribution in [0.3, 0.4) is 0 Å². The van der Waals surface area contributed by atoms with Crippen molar-refractivity contribution in [1.29, 1.82) is 0 Å². The summed E-state index contributed by atoms with van der Waals surface area (Å²) < 4.78 is 5.42. The van der Waals surface area contributed by atoms with Crippen molar-refractivity contribution in [1.82, 2.24) is 20.2 Å². The van der Waals surface area contributed by atoms with Crippen molar-refractivity contribution in [2.24, 2.45) is 0 Å². The van der Waals surface area contributed by atoms with Crippen molar-refractivity contribution < 1.29 is 14.0 Å². The first-order chi connectivity index (χ1) is 17.6. The van der Waals surface area contributed by atoms with E-state index in [9.17, 15) is 9.59 Å². The molecule has 184 valence electrons. The first-order valence-electron chi connectivity index (χ1n) is 12.1. The van der Waals surface area contributed by atoms with Crippen molar-refractivity contribution in [3.63, 3.8) is 0 Å². The molecule has 0 aliphatic carbocycles. The summed E-state index contributed by atoms with van der Waals surface area (Å²) in [5.41, 5.74) is 3.40. The number of nitrogens with one attached hydrogen (secondary N) is 1. The molecule has 7 heteroatoms. The van der Waals surface area contributed by atoms with Gasteiger partial charge in [-0.2, -0.15) is 0 Å². The number of rotatable bonds is 11. The summed E-state index contributed by atoms with van der Waals surface area (Å²) in [7, 11) is 0. The lowest BCUT2D eigenvalue weighted by molar-refractivity contribution is -0.121. The Morgan fingerprint density at radius 3 is 2.19 bits per heavy atom. The number of amides is 2. The summed E-state index contributed by atoms with van der Waals surface area (Å²) in [5.74, 6) is 0.421. The van der Waals surface area contributed by atoms with E-state index < -0.39 is 0 Å². The summed E-state index contributed by atoms with van der Waals surface area (Å²) >= 11 is 0. The first kappa shape index (κ1) is 24.9. The Kier molecular flexibility index (Phi) is 8.59. The van der Waals surface area contributed by atoms with Crippen LogP contribution in [0, 0.1) is 6.92 Å². The first-order valence-corrected chi connectivity index (χ1v) is 12.1. The van der Waals surface area contributed by atoms with Crippen LogP contribution in [0.5, 0.6) is 0 Å². The topological polar surface area (TPSA) is 88.3 Å². The number of hydrogen-bond acceptors (Lipinski definition) is 5. The number of aryl methyl sites for hydroxylation is 1. The highest BCUT2D eigenvalue weighted by Crippen LogP contribution is 2.27. The van der Waals surface area contributed by atoms with Crippen molar-refractivity contribution in [2.45, 2.75) is 32.2 Å². The van der Waals surface area contributed by atoms with E-state index in [1.807, 2.05) is 43.3 Å². The third-order valence-corrected chi connectivity index (χ3v) is 5.98. The van der Waals surface area contributed by atoms with Crippen LogP contribution in [0.4, 0.5) is 0 Å². The molecule has 36 heavy (non-hydrogen) atoms. The molecule has 1 N–H and O–H groups in total. The molecular formula is C29H30N4O3. The van der Waals surface area contributed by atoms with Crippen LogP contribution < -0.4 is 5.32 Å². The van der Waals surface area contributed by atoms with Crippen LogP contribution in [-0.2, 0) is 11.3 Å². The van der Waals surface area contributed by atoms with Crippen LogP contribution in [0.1, 0.15) is 51.8 Å². The van der Waals surface area contributed by atoms with Gasteiger partial charge in [-0.3, -0.25) is 14.6 Å². The molecule has 0 unspecified atom stereocenters. The Labute approximate surface area is 211 Å². The summed E-state index contributed by atoms with van der Waals surface area (Å²) in [6.07, 6.45) is 5.52. The highest BCUT2D eigenvalue weighted by atomic mass is 16.3. The second-order valence-electron chi connectivity index (χ2n) is 8.61. The molecule has 2 heterocycles. The van der Waals surface area contributed by atoms with Gasteiger partial charge in [0.15, 0.2) is 0 Å². The molecule has 2 amide bonds. The monoisotopic (exact) mass is 482 g/mol. The lowest BCUT2D eigenvalue weighted by Crippen LogP contribution is -2.35. The molecule has 0 aliphatic rings. The third-order valence-electron chi connectivity index (χ3n) is 5.98. The third kappa shape index (κ3) is 6.88. The average molecular weight is 483 g/mol. The van der Waals surface area contributed by atoms with Crippen LogP contribution in [0.25, 0.3) is 0 Å². The maximum absolute atomic E-state index is 13.1. The van der Waals surface area contributed by atoms with Gasteiger partial charge in [0.05, 0.1) is 24.7 Å². The number of nitrogens with zero attached hydrogens (tertiary/aromatic N) is 3. The predicted octanol–water partition coefficient (Wildman–Crippen LogP) is 4.75. The van der Waals surface area contributed by atoms with Gasteiger partial charge in [-0.1, -0.05) is 60.7 Å². The zero-order valence-corrected chi connectivity index (χ0v) is 20.3. The number of benzene rings is 2. The van der Waals surface area contributed by atoms with Gasteiger partial charge in [-0.05, 0) is 36.6 Å². The standard InChI is InChI=1S/C29H30N4O3/c1-22-19-32-27(20-31-22)29(35)33(21-25-13-8-18-36-25)17-15-28(34)30-16-14-26(23-9-4-2-5-10-23)24-11-6-3-7-12-24/h2-13,18-20,26H,14-17,21H2,1H3,(H,30,34). The number of furan rings is 1. The van der Waals surface area contributed by atoms with Crippen LogP contribution in [0.2, 0.25) is 0 Å². The second-order valence-corrected chi connectivity index (χ2v) is 8.61. The molecule has 7 nitrogen and oxygen atoms in total. The second kappa shape index (κ2) is 12.4. The van der Waals surface area contributed by atoms with E-state index in [0.29, 0.717) is 12.3 Å². The minimum absolute atomic E-state index is 0.109. The molecule has 4 rings (SSSR count). The SMILES string of the molecule is Cc1cnc(C(=O)N(CCC(=O)NCCC(c2ccccc2)c2ccccc2)Cc2ccco2)cn1. The number of carbonyl (C=O) groups excluding carboxylic acids is 2. The summed E-state index contributed by atoms with van der Waals surface area (Å²) in [6.45, 7) is 2.83. The molecule has 0 atom stereocenters. The number of hydrogen-bond donors (Lipinski definition) is 1. The molecule has 4 aromatic rings. The molecule has 0 aliphatic heterocycles. The minimum Gasteiger partial charge on any atom is -0.467 e. The Hall–Kier alpha value is -4.26. The molecule has 0 fully saturated rings. The zero-order valence-electron chi connectivity index (χ0n) is 20.3. The van der Waals surface area contributed by atoms with E-state index in [4.69, 9.17) is 4.42 Å². The van der Waals surface area contributed by atoms with Crippen LogP contribution in [0.15, 0.2) is 95.9 Å². The highest BCUT2D eigenvalue weighted by molar-refractivity contribution is 5.92. The zero-order chi connectivity index (χ0) is 25.2. The van der Waals surface area contributed by atoms with E-state index in [2.05, 4.69) is 39.6 Å². The quantitative estimate of drug-likeness (QED) is 0.333. The van der Waals surface area contributed by atoms with Crippen molar-refractivity contribution in [2.75, 3.05) is 13.1 Å². The molecule has 2 aromatic carbocycles. The smallest absolute Gasteiger partial charge is 0.274 e. The van der Waals surface area contributed by atoms with Crippen LogP contribution in [-0.4, -0.2) is 39.8 Å². The molecule has 0 radical (unpaired) electrons. The fourth-order valence-electron chi connectivity index (χ4n) is 4.09. The van der Waals surface area contributed by atoms with Gasteiger partial charge in [0.1, 0.15) is 11.5 Å². The number of aromatic nitrogens is 2. The minimum atomic E-state index is -0.292. The predicted molar refractivity (Wildman–Crippen MR) is 137 cm³/mol. The molecule has 0 saturated heterocycles. The average Bonchev–Trinajstić information content (AvgIpc) is 3.43. The highest BCUT2D eigenvalue weighted by Gasteiger charge is 2.20. The summed E-state index contributed by atoms with van der Waals surface area (Å²) in [4.78, 5) is 35.7. The fraction of sp³-hybridized carbons (Fsp3) is 0.241. The largest absolute Gasteiger partial charge is 0.467 e. The maximum Gasteiger partial charge on any atom is 0.274 e. The Balaban J connectivity index is 1.35. The molecule has 0 bridgehead atoms. The Morgan fingerprint density at radius 2 is 1.61 bits per heavy atom. The fourth-order valence-corrected chi connectivity index (χ4v) is 4.09. The van der Waals surface area contributed by atoms with Crippen molar-refractivity contribution in [3.8, 4) is 0 Å². The Morgan fingerprint density at radius 1 is 0.917 bits per heavy atom. The van der Waals surface area contributed by atoms with E-state index >= 15 is 0 Å². The molecule has 0 spiro atoms. The lowest BCUT2D eigenvalue weighted by Gasteiger charge is -2.21. The van der Waals surface area contributed by atoms with Gasteiger partial charge in [-0.25, -0.2) is 4.98 Å². The Bertz CT molecular complexity index is 1190. The van der Waals surface area contributed by atoms with E-state index in [1.165, 1.54) is 17.3 Å². The van der Waals surface area contributed by atoms with Crippen molar-refractivity contribution in [3.05, 3.63) is 120 Å². The normalized spacial score (nSPS) is 10.8. The molecule has 0 saturated carbocycles. The van der Waals surface area contributed by atoms with Gasteiger partial charge in [0.2, 0.25) is 5.91 Å². The van der Waals surface area contributed by atoms with Gasteiger partial charge < -0.3 is 14.6 Å². The number of carbonyl (C=O) groups is 2. The molecule has 2 aromatic heterocycles. The van der Waals surface area contributed by atoms with Gasteiger partial charge in [0.25, 0.3) is 5.91 Å². The van der Waals surface area contributed by atoms with Gasteiger partial charge in [0, 0.05) is 31.6 Å². The maximum atomic E-state index is 13.1. The van der Waals surface area contributed by atoms with E-state index in [1.54, 1.807) is 29.5 Å². The van der Waals surface area contributed by atoms with E-state index in [-0.39, 0.29) is 42.9 Å². The summed E-state index contributed by atoms with van der Waals surface area (Å²) in [5, 5.41) is 3.02. The summed E-state index contributed by atoms with van der Waals surface area (Å²) in [6, 6.07) is 24.2.